The van der Waals surface area contributed by atoms with E-state index in [-0.39, 0.29) is 24.4 Å². The lowest BCUT2D eigenvalue weighted by atomic mass is 9.97. The molecule has 0 aliphatic carbocycles. The van der Waals surface area contributed by atoms with Crippen molar-refractivity contribution in [3.63, 3.8) is 0 Å². The van der Waals surface area contributed by atoms with Crippen LogP contribution in [0.25, 0.3) is 0 Å². The molecule has 2 rings (SSSR count). The zero-order chi connectivity index (χ0) is 12.3. The zero-order valence-corrected chi connectivity index (χ0v) is 11.2. The lowest BCUT2D eigenvalue weighted by Crippen LogP contribution is -2.42. The van der Waals surface area contributed by atoms with Crippen LogP contribution < -0.4 is 11.1 Å². The summed E-state index contributed by atoms with van der Waals surface area (Å²) in [5.41, 5.74) is 7.66. The van der Waals surface area contributed by atoms with E-state index in [2.05, 4.69) is 5.32 Å². The number of nitrogens with two attached hydrogens (primary N) is 1. The molecule has 0 radical (unpaired) electrons. The van der Waals surface area contributed by atoms with Gasteiger partial charge in [0.1, 0.15) is 0 Å². The van der Waals surface area contributed by atoms with E-state index in [1.807, 2.05) is 31.2 Å². The molecule has 0 saturated carbocycles. The minimum Gasteiger partial charge on any atom is -0.363 e. The van der Waals surface area contributed by atoms with Crippen molar-refractivity contribution >= 4 is 18.3 Å². The first-order chi connectivity index (χ1) is 8.22. The van der Waals surface area contributed by atoms with Gasteiger partial charge in [-0.1, -0.05) is 24.3 Å². The number of halogens is 1. The van der Waals surface area contributed by atoms with Gasteiger partial charge in [0.25, 0.3) is 5.91 Å². The van der Waals surface area contributed by atoms with E-state index in [1.54, 1.807) is 0 Å². The number of amides is 1. The van der Waals surface area contributed by atoms with Gasteiger partial charge in [0.2, 0.25) is 0 Å². The Kier molecular flexibility index (Phi) is 5.59. The Morgan fingerprint density at radius 3 is 3.00 bits per heavy atom. The van der Waals surface area contributed by atoms with Gasteiger partial charge in [-0.2, -0.15) is 0 Å². The van der Waals surface area contributed by atoms with Gasteiger partial charge in [-0.3, -0.25) is 4.79 Å². The predicted molar refractivity (Wildman–Crippen MR) is 72.7 cm³/mol. The van der Waals surface area contributed by atoms with Crippen LogP contribution in [-0.2, 0) is 16.0 Å². The SMILES string of the molecule is C[C@@H](CN)NC(=O)C1OCCc2ccccc21.Cl. The third-order valence-electron chi connectivity index (χ3n) is 2.97. The highest BCUT2D eigenvalue weighted by atomic mass is 35.5. The van der Waals surface area contributed by atoms with Crippen molar-refractivity contribution in [2.45, 2.75) is 25.5 Å². The van der Waals surface area contributed by atoms with Gasteiger partial charge in [-0.15, -0.1) is 12.4 Å². The molecule has 1 heterocycles. The first-order valence-electron chi connectivity index (χ1n) is 5.92. The summed E-state index contributed by atoms with van der Waals surface area (Å²) < 4.78 is 5.56. The normalized spacial score (nSPS) is 19.3. The fourth-order valence-corrected chi connectivity index (χ4v) is 1.99. The zero-order valence-electron chi connectivity index (χ0n) is 10.4. The van der Waals surface area contributed by atoms with Gasteiger partial charge >= 0.3 is 0 Å². The van der Waals surface area contributed by atoms with Crippen LogP contribution in [0.5, 0.6) is 0 Å². The Hall–Kier alpha value is -1.10. The van der Waals surface area contributed by atoms with Crippen LogP contribution in [0.2, 0.25) is 0 Å². The van der Waals surface area contributed by atoms with E-state index in [9.17, 15) is 4.79 Å². The molecule has 1 aliphatic heterocycles. The highest BCUT2D eigenvalue weighted by molar-refractivity contribution is 5.85. The summed E-state index contributed by atoms with van der Waals surface area (Å²) in [7, 11) is 0. The van der Waals surface area contributed by atoms with Crippen LogP contribution in [0.3, 0.4) is 0 Å². The van der Waals surface area contributed by atoms with Crippen molar-refractivity contribution in [2.24, 2.45) is 5.73 Å². The number of hydrogen-bond donors (Lipinski definition) is 2. The number of benzene rings is 1. The summed E-state index contributed by atoms with van der Waals surface area (Å²) in [5.74, 6) is -0.102. The van der Waals surface area contributed by atoms with Crippen molar-refractivity contribution < 1.29 is 9.53 Å². The van der Waals surface area contributed by atoms with Gasteiger partial charge in [-0.05, 0) is 24.5 Å². The first-order valence-corrected chi connectivity index (χ1v) is 5.92. The molecule has 0 saturated heterocycles. The highest BCUT2D eigenvalue weighted by Crippen LogP contribution is 2.26. The molecule has 1 unspecified atom stereocenters. The molecule has 1 aromatic rings. The molecular formula is C13H19ClN2O2. The van der Waals surface area contributed by atoms with Crippen molar-refractivity contribution in [3.05, 3.63) is 35.4 Å². The van der Waals surface area contributed by atoms with E-state index >= 15 is 0 Å². The molecule has 0 bridgehead atoms. The number of fused-ring (bicyclic) bond motifs is 1. The van der Waals surface area contributed by atoms with Crippen molar-refractivity contribution in [2.75, 3.05) is 13.2 Å². The van der Waals surface area contributed by atoms with Crippen LogP contribution in [0, 0.1) is 0 Å². The van der Waals surface area contributed by atoms with E-state index in [1.165, 1.54) is 5.56 Å². The first kappa shape index (κ1) is 15.0. The van der Waals surface area contributed by atoms with Gasteiger partial charge in [0.05, 0.1) is 6.61 Å². The average Bonchev–Trinajstić information content (AvgIpc) is 2.37. The number of carbonyl (C=O) groups excluding carboxylic acids is 1. The van der Waals surface area contributed by atoms with Crippen LogP contribution >= 0.6 is 12.4 Å². The van der Waals surface area contributed by atoms with Gasteiger partial charge in [0, 0.05) is 12.6 Å². The highest BCUT2D eigenvalue weighted by Gasteiger charge is 2.27. The summed E-state index contributed by atoms with van der Waals surface area (Å²) in [6.45, 7) is 2.90. The quantitative estimate of drug-likeness (QED) is 0.867. The predicted octanol–water partition coefficient (Wildman–Crippen LogP) is 1.19. The summed E-state index contributed by atoms with van der Waals surface area (Å²) in [6, 6.07) is 7.89. The third-order valence-corrected chi connectivity index (χ3v) is 2.97. The fraction of sp³-hybridized carbons (Fsp3) is 0.462. The third kappa shape index (κ3) is 3.22. The number of nitrogens with one attached hydrogen (secondary N) is 1. The molecule has 0 spiro atoms. The van der Waals surface area contributed by atoms with E-state index < -0.39 is 6.10 Å². The van der Waals surface area contributed by atoms with Crippen LogP contribution in [0.4, 0.5) is 0 Å². The van der Waals surface area contributed by atoms with E-state index in [0.29, 0.717) is 13.2 Å². The van der Waals surface area contributed by atoms with Crippen molar-refractivity contribution in [3.8, 4) is 0 Å². The summed E-state index contributed by atoms with van der Waals surface area (Å²) in [6.07, 6.45) is 0.376. The number of hydrogen-bond acceptors (Lipinski definition) is 3. The monoisotopic (exact) mass is 270 g/mol. The molecular weight excluding hydrogens is 252 g/mol. The van der Waals surface area contributed by atoms with E-state index in [4.69, 9.17) is 10.5 Å². The summed E-state index contributed by atoms with van der Waals surface area (Å²) in [4.78, 5) is 12.0. The Bertz CT molecular complexity index is 412. The Labute approximate surface area is 113 Å². The maximum atomic E-state index is 12.0. The second-order valence-corrected chi connectivity index (χ2v) is 4.34. The molecule has 18 heavy (non-hydrogen) atoms. The Morgan fingerprint density at radius 2 is 2.28 bits per heavy atom. The molecule has 0 aromatic heterocycles. The van der Waals surface area contributed by atoms with Gasteiger partial charge in [0.15, 0.2) is 6.10 Å². The molecule has 4 nitrogen and oxygen atoms in total. The molecule has 1 amide bonds. The maximum Gasteiger partial charge on any atom is 0.254 e. The number of carbonyl (C=O) groups is 1. The largest absolute Gasteiger partial charge is 0.363 e. The molecule has 5 heteroatoms. The molecule has 1 aromatic carbocycles. The lowest BCUT2D eigenvalue weighted by Gasteiger charge is -2.26. The van der Waals surface area contributed by atoms with Gasteiger partial charge in [-0.25, -0.2) is 0 Å². The molecule has 1 aliphatic rings. The second kappa shape index (κ2) is 6.73. The van der Waals surface area contributed by atoms with Crippen molar-refractivity contribution in [1.82, 2.24) is 5.32 Å². The van der Waals surface area contributed by atoms with E-state index in [0.717, 1.165) is 12.0 Å². The fourth-order valence-electron chi connectivity index (χ4n) is 1.99. The maximum absolute atomic E-state index is 12.0. The molecule has 0 fully saturated rings. The number of rotatable bonds is 3. The Morgan fingerprint density at radius 1 is 1.56 bits per heavy atom. The molecule has 3 N–H and O–H groups in total. The van der Waals surface area contributed by atoms with Crippen LogP contribution in [-0.4, -0.2) is 25.1 Å². The average molecular weight is 271 g/mol. The van der Waals surface area contributed by atoms with Gasteiger partial charge < -0.3 is 15.8 Å². The molecule has 2 atom stereocenters. The minimum atomic E-state index is -0.492. The number of ether oxygens (including phenoxy) is 1. The second-order valence-electron chi connectivity index (χ2n) is 4.34. The van der Waals surface area contributed by atoms with Crippen LogP contribution in [0.15, 0.2) is 24.3 Å². The Balaban J connectivity index is 0.00000162. The summed E-state index contributed by atoms with van der Waals surface area (Å²) >= 11 is 0. The topological polar surface area (TPSA) is 64.3 Å². The molecule has 100 valence electrons. The van der Waals surface area contributed by atoms with Crippen molar-refractivity contribution in [1.29, 1.82) is 0 Å². The van der Waals surface area contributed by atoms with Crippen LogP contribution in [0.1, 0.15) is 24.2 Å². The lowest BCUT2D eigenvalue weighted by molar-refractivity contribution is -0.134. The summed E-state index contributed by atoms with van der Waals surface area (Å²) in [5, 5.41) is 2.85. The minimum absolute atomic E-state index is 0. The standard InChI is InChI=1S/C13H18N2O2.ClH/c1-9(8-14)15-13(16)12-11-5-3-2-4-10(11)6-7-17-12;/h2-5,9,12H,6-8,14H2,1H3,(H,15,16);1H/t9-,12?;/m0./s1. The smallest absolute Gasteiger partial charge is 0.254 e.